The molecule has 0 radical (unpaired) electrons. The SMILES string of the molecule is Cc1cccc([N+](=O)[O-])c1C(=O)NCCI. The molecule has 0 aromatic heterocycles. The molecule has 5 nitrogen and oxygen atoms in total. The number of carbonyl (C=O) groups is 1. The van der Waals surface area contributed by atoms with Crippen LogP contribution >= 0.6 is 22.6 Å². The number of nitro benzene ring substituents is 1. The van der Waals surface area contributed by atoms with Crippen molar-refractivity contribution in [2.24, 2.45) is 0 Å². The van der Waals surface area contributed by atoms with E-state index in [-0.39, 0.29) is 17.2 Å². The van der Waals surface area contributed by atoms with Gasteiger partial charge in [0.25, 0.3) is 11.6 Å². The molecule has 0 aliphatic heterocycles. The number of hydrogen-bond donors (Lipinski definition) is 1. The van der Waals surface area contributed by atoms with Crippen molar-refractivity contribution in [2.45, 2.75) is 6.92 Å². The maximum atomic E-state index is 11.7. The summed E-state index contributed by atoms with van der Waals surface area (Å²) in [5.41, 5.74) is 0.614. The molecule has 0 bridgehead atoms. The molecule has 0 fully saturated rings. The maximum absolute atomic E-state index is 11.7. The number of amides is 1. The van der Waals surface area contributed by atoms with Gasteiger partial charge in [0.1, 0.15) is 5.56 Å². The quantitative estimate of drug-likeness (QED) is 0.397. The van der Waals surface area contributed by atoms with Crippen LogP contribution in [0.15, 0.2) is 18.2 Å². The molecule has 0 unspecified atom stereocenters. The fourth-order valence-electron chi connectivity index (χ4n) is 1.35. The van der Waals surface area contributed by atoms with E-state index in [1.165, 1.54) is 6.07 Å². The van der Waals surface area contributed by atoms with E-state index >= 15 is 0 Å². The maximum Gasteiger partial charge on any atom is 0.282 e. The Morgan fingerprint density at radius 1 is 1.56 bits per heavy atom. The Morgan fingerprint density at radius 2 is 2.25 bits per heavy atom. The predicted molar refractivity (Wildman–Crippen MR) is 69.1 cm³/mol. The van der Waals surface area contributed by atoms with E-state index in [1.54, 1.807) is 19.1 Å². The molecular formula is C10H11IN2O3. The van der Waals surface area contributed by atoms with Crippen LogP contribution in [0.1, 0.15) is 15.9 Å². The van der Waals surface area contributed by atoms with Gasteiger partial charge in [-0.25, -0.2) is 0 Å². The first-order valence-electron chi connectivity index (χ1n) is 4.66. The van der Waals surface area contributed by atoms with Gasteiger partial charge in [0.05, 0.1) is 4.92 Å². The molecule has 0 aliphatic rings. The van der Waals surface area contributed by atoms with E-state index < -0.39 is 4.92 Å². The van der Waals surface area contributed by atoms with Crippen molar-refractivity contribution in [3.63, 3.8) is 0 Å². The summed E-state index contributed by atoms with van der Waals surface area (Å²) in [5, 5.41) is 13.4. The Kier molecular flexibility index (Phi) is 4.66. The predicted octanol–water partition coefficient (Wildman–Crippen LogP) is 2.07. The van der Waals surface area contributed by atoms with Gasteiger partial charge in [0.2, 0.25) is 0 Å². The molecule has 16 heavy (non-hydrogen) atoms. The van der Waals surface area contributed by atoms with Gasteiger partial charge in [-0.2, -0.15) is 0 Å². The van der Waals surface area contributed by atoms with Crippen LogP contribution in [0, 0.1) is 17.0 Å². The molecule has 6 heteroatoms. The van der Waals surface area contributed by atoms with E-state index in [1.807, 2.05) is 0 Å². The Hall–Kier alpha value is -1.18. The molecule has 0 spiro atoms. The minimum Gasteiger partial charge on any atom is -0.351 e. The van der Waals surface area contributed by atoms with Crippen molar-refractivity contribution in [2.75, 3.05) is 11.0 Å². The number of hydrogen-bond acceptors (Lipinski definition) is 3. The van der Waals surface area contributed by atoms with Gasteiger partial charge in [0.15, 0.2) is 0 Å². The number of carbonyl (C=O) groups excluding carboxylic acids is 1. The lowest BCUT2D eigenvalue weighted by Gasteiger charge is -2.06. The van der Waals surface area contributed by atoms with E-state index in [2.05, 4.69) is 27.9 Å². The number of aryl methyl sites for hydroxylation is 1. The average molecular weight is 334 g/mol. The molecule has 86 valence electrons. The lowest BCUT2D eigenvalue weighted by atomic mass is 10.1. The van der Waals surface area contributed by atoms with Crippen LogP contribution in [0.4, 0.5) is 5.69 Å². The molecule has 0 heterocycles. The van der Waals surface area contributed by atoms with Gasteiger partial charge >= 0.3 is 0 Å². The van der Waals surface area contributed by atoms with E-state index in [0.29, 0.717) is 12.1 Å². The van der Waals surface area contributed by atoms with E-state index in [0.717, 1.165) is 4.43 Å². The van der Waals surface area contributed by atoms with Gasteiger partial charge in [0, 0.05) is 17.0 Å². The molecule has 1 rings (SSSR count). The zero-order valence-corrected chi connectivity index (χ0v) is 10.9. The van der Waals surface area contributed by atoms with Crippen molar-refractivity contribution in [1.29, 1.82) is 0 Å². The number of benzene rings is 1. The van der Waals surface area contributed by atoms with Crippen molar-refractivity contribution < 1.29 is 9.72 Å². The largest absolute Gasteiger partial charge is 0.351 e. The summed E-state index contributed by atoms with van der Waals surface area (Å²) in [6.07, 6.45) is 0. The second-order valence-corrected chi connectivity index (χ2v) is 4.25. The number of alkyl halides is 1. The molecule has 1 N–H and O–H groups in total. The molecule has 1 amide bonds. The van der Waals surface area contributed by atoms with Crippen molar-refractivity contribution in [1.82, 2.24) is 5.32 Å². The van der Waals surface area contributed by atoms with Gasteiger partial charge < -0.3 is 5.32 Å². The van der Waals surface area contributed by atoms with Crippen molar-refractivity contribution in [3.8, 4) is 0 Å². The van der Waals surface area contributed by atoms with Crippen LogP contribution < -0.4 is 5.32 Å². The topological polar surface area (TPSA) is 72.2 Å². The highest BCUT2D eigenvalue weighted by Gasteiger charge is 2.21. The van der Waals surface area contributed by atoms with Crippen LogP contribution in [0.25, 0.3) is 0 Å². The van der Waals surface area contributed by atoms with E-state index in [4.69, 9.17) is 0 Å². The number of rotatable bonds is 4. The van der Waals surface area contributed by atoms with Crippen molar-refractivity contribution >= 4 is 34.2 Å². The summed E-state index contributed by atoms with van der Waals surface area (Å²) >= 11 is 2.12. The number of nitrogens with one attached hydrogen (secondary N) is 1. The first-order chi connectivity index (χ1) is 7.57. The summed E-state index contributed by atoms with van der Waals surface area (Å²) in [7, 11) is 0. The van der Waals surface area contributed by atoms with Crippen LogP contribution in [0.5, 0.6) is 0 Å². The third-order valence-electron chi connectivity index (χ3n) is 2.05. The Balaban J connectivity index is 3.10. The molecule has 1 aromatic rings. The summed E-state index contributed by atoms with van der Waals surface area (Å²) in [6, 6.07) is 4.60. The van der Waals surface area contributed by atoms with E-state index in [9.17, 15) is 14.9 Å². The Morgan fingerprint density at radius 3 is 2.81 bits per heavy atom. The Bertz CT molecular complexity index is 421. The lowest BCUT2D eigenvalue weighted by Crippen LogP contribution is -2.26. The fourth-order valence-corrected chi connectivity index (χ4v) is 1.62. The third kappa shape index (κ3) is 2.91. The van der Waals surface area contributed by atoms with Crippen molar-refractivity contribution in [3.05, 3.63) is 39.4 Å². The minimum absolute atomic E-state index is 0.147. The summed E-state index contributed by atoms with van der Waals surface area (Å²) in [4.78, 5) is 22.0. The molecule has 0 saturated carbocycles. The smallest absolute Gasteiger partial charge is 0.282 e. The van der Waals surface area contributed by atoms with Crippen LogP contribution in [0.3, 0.4) is 0 Å². The van der Waals surface area contributed by atoms with Crippen LogP contribution in [0.2, 0.25) is 0 Å². The second-order valence-electron chi connectivity index (χ2n) is 3.17. The molecule has 1 aromatic carbocycles. The second kappa shape index (κ2) is 5.78. The first-order valence-corrected chi connectivity index (χ1v) is 6.18. The van der Waals surface area contributed by atoms with Gasteiger partial charge in [-0.1, -0.05) is 34.7 Å². The average Bonchev–Trinajstić information content (AvgIpc) is 2.25. The molecular weight excluding hydrogens is 323 g/mol. The monoisotopic (exact) mass is 334 g/mol. The zero-order chi connectivity index (χ0) is 12.1. The van der Waals surface area contributed by atoms with Crippen LogP contribution in [-0.4, -0.2) is 21.8 Å². The molecule has 0 aliphatic carbocycles. The summed E-state index contributed by atoms with van der Waals surface area (Å²) in [6.45, 7) is 2.19. The summed E-state index contributed by atoms with van der Waals surface area (Å²) in [5.74, 6) is -0.388. The van der Waals surface area contributed by atoms with Gasteiger partial charge in [-0.3, -0.25) is 14.9 Å². The standard InChI is InChI=1S/C10H11IN2O3/c1-7-3-2-4-8(13(15)16)9(7)10(14)12-6-5-11/h2-4H,5-6H2,1H3,(H,12,14). The zero-order valence-electron chi connectivity index (χ0n) is 8.70. The van der Waals surface area contributed by atoms with Gasteiger partial charge in [-0.15, -0.1) is 0 Å². The normalized spacial score (nSPS) is 9.88. The fraction of sp³-hybridized carbons (Fsp3) is 0.300. The Labute approximate surface area is 107 Å². The lowest BCUT2D eigenvalue weighted by molar-refractivity contribution is -0.385. The minimum atomic E-state index is -0.536. The number of nitro groups is 1. The van der Waals surface area contributed by atoms with Crippen LogP contribution in [-0.2, 0) is 0 Å². The highest BCUT2D eigenvalue weighted by molar-refractivity contribution is 14.1. The highest BCUT2D eigenvalue weighted by atomic mass is 127. The number of nitrogens with zero attached hydrogens (tertiary/aromatic N) is 1. The third-order valence-corrected chi connectivity index (χ3v) is 2.59. The summed E-state index contributed by atoms with van der Waals surface area (Å²) < 4.78 is 0.767. The van der Waals surface area contributed by atoms with Gasteiger partial charge in [-0.05, 0) is 12.5 Å². The number of halogens is 1. The molecule has 0 atom stereocenters. The first kappa shape index (κ1) is 12.9. The molecule has 0 saturated heterocycles. The highest BCUT2D eigenvalue weighted by Crippen LogP contribution is 2.21.